The third kappa shape index (κ3) is 2.29. The van der Waals surface area contributed by atoms with E-state index in [1.54, 1.807) is 0 Å². The number of nitrogens with zero attached hydrogens (tertiary/aromatic N) is 2. The standard InChI is InChI=1S/C11H6F3N3O/c12-7-1-2-8(10(14)9(7)13)17-11(18)6-3-15-5-16-4-6/h1-5H,(H,17,18). The summed E-state index contributed by atoms with van der Waals surface area (Å²) in [5.41, 5.74) is -0.385. The molecule has 1 aromatic heterocycles. The maximum atomic E-state index is 13.3. The Morgan fingerprint density at radius 1 is 1.06 bits per heavy atom. The van der Waals surface area contributed by atoms with Crippen molar-refractivity contribution in [2.24, 2.45) is 0 Å². The van der Waals surface area contributed by atoms with Gasteiger partial charge in [0.2, 0.25) is 0 Å². The molecule has 0 unspecified atom stereocenters. The average molecular weight is 253 g/mol. The number of amides is 1. The molecule has 92 valence electrons. The average Bonchev–Trinajstić information content (AvgIpc) is 2.40. The van der Waals surface area contributed by atoms with Crippen LogP contribution in [0, 0.1) is 17.5 Å². The monoisotopic (exact) mass is 253 g/mol. The Morgan fingerprint density at radius 2 is 1.72 bits per heavy atom. The predicted octanol–water partition coefficient (Wildman–Crippen LogP) is 2.15. The van der Waals surface area contributed by atoms with Gasteiger partial charge in [0.25, 0.3) is 5.91 Å². The number of hydrogen-bond donors (Lipinski definition) is 1. The van der Waals surface area contributed by atoms with Crippen molar-refractivity contribution < 1.29 is 18.0 Å². The first-order chi connectivity index (χ1) is 8.59. The molecule has 0 aliphatic carbocycles. The van der Waals surface area contributed by atoms with Crippen molar-refractivity contribution in [3.63, 3.8) is 0 Å². The van der Waals surface area contributed by atoms with E-state index < -0.39 is 29.0 Å². The molecule has 7 heteroatoms. The van der Waals surface area contributed by atoms with Crippen LogP contribution < -0.4 is 5.32 Å². The van der Waals surface area contributed by atoms with Crippen molar-refractivity contribution in [1.29, 1.82) is 0 Å². The summed E-state index contributed by atoms with van der Waals surface area (Å²) in [4.78, 5) is 18.8. The Labute approximate surface area is 99.5 Å². The summed E-state index contributed by atoms with van der Waals surface area (Å²) in [6.45, 7) is 0. The number of benzene rings is 1. The van der Waals surface area contributed by atoms with Crippen LogP contribution in [0.2, 0.25) is 0 Å². The van der Waals surface area contributed by atoms with Crippen molar-refractivity contribution >= 4 is 11.6 Å². The minimum atomic E-state index is -1.64. The molecule has 4 nitrogen and oxygen atoms in total. The number of carbonyl (C=O) groups excluding carboxylic acids is 1. The Kier molecular flexibility index (Phi) is 3.22. The van der Waals surface area contributed by atoms with Crippen LogP contribution in [0.25, 0.3) is 0 Å². The first kappa shape index (κ1) is 12.0. The fourth-order valence-electron chi connectivity index (χ4n) is 1.23. The molecule has 0 atom stereocenters. The van der Waals surface area contributed by atoms with E-state index in [4.69, 9.17) is 0 Å². The predicted molar refractivity (Wildman–Crippen MR) is 56.3 cm³/mol. The lowest BCUT2D eigenvalue weighted by Gasteiger charge is -2.06. The van der Waals surface area contributed by atoms with Crippen molar-refractivity contribution in [3.05, 3.63) is 53.9 Å². The lowest BCUT2D eigenvalue weighted by Crippen LogP contribution is -2.14. The molecule has 1 aromatic carbocycles. The van der Waals surface area contributed by atoms with Crippen LogP contribution in [-0.4, -0.2) is 15.9 Å². The van der Waals surface area contributed by atoms with E-state index in [0.29, 0.717) is 0 Å². The first-order valence-electron chi connectivity index (χ1n) is 4.79. The molecule has 18 heavy (non-hydrogen) atoms. The normalized spacial score (nSPS) is 10.2. The van der Waals surface area contributed by atoms with Gasteiger partial charge in [-0.1, -0.05) is 0 Å². The van der Waals surface area contributed by atoms with E-state index in [9.17, 15) is 18.0 Å². The van der Waals surface area contributed by atoms with Gasteiger partial charge in [-0.25, -0.2) is 23.1 Å². The van der Waals surface area contributed by atoms with Gasteiger partial charge >= 0.3 is 0 Å². The number of halogens is 3. The van der Waals surface area contributed by atoms with Gasteiger partial charge in [-0.15, -0.1) is 0 Å². The largest absolute Gasteiger partial charge is 0.319 e. The molecule has 0 saturated heterocycles. The van der Waals surface area contributed by atoms with Crippen LogP contribution in [-0.2, 0) is 0 Å². The molecule has 0 spiro atoms. The van der Waals surface area contributed by atoms with Crippen LogP contribution >= 0.6 is 0 Å². The van der Waals surface area contributed by atoms with E-state index in [-0.39, 0.29) is 5.56 Å². The van der Waals surface area contributed by atoms with Gasteiger partial charge in [0, 0.05) is 12.4 Å². The first-order valence-corrected chi connectivity index (χ1v) is 4.79. The van der Waals surface area contributed by atoms with Gasteiger partial charge in [0.15, 0.2) is 17.5 Å². The van der Waals surface area contributed by atoms with Crippen LogP contribution in [0.5, 0.6) is 0 Å². The highest BCUT2D eigenvalue weighted by Gasteiger charge is 2.15. The molecule has 0 saturated carbocycles. The Bertz CT molecular complexity index is 590. The third-order valence-electron chi connectivity index (χ3n) is 2.11. The molecule has 0 radical (unpaired) electrons. The molecule has 0 bridgehead atoms. The second-order valence-corrected chi connectivity index (χ2v) is 3.30. The molecule has 1 heterocycles. The highest BCUT2D eigenvalue weighted by Crippen LogP contribution is 2.20. The molecule has 2 rings (SSSR count). The van der Waals surface area contributed by atoms with Gasteiger partial charge in [-0.05, 0) is 12.1 Å². The number of nitrogens with one attached hydrogen (secondary N) is 1. The molecule has 0 aliphatic heterocycles. The zero-order valence-corrected chi connectivity index (χ0v) is 8.82. The zero-order chi connectivity index (χ0) is 13.1. The number of hydrogen-bond acceptors (Lipinski definition) is 3. The summed E-state index contributed by atoms with van der Waals surface area (Å²) in [6, 6.07) is 1.64. The van der Waals surface area contributed by atoms with E-state index in [0.717, 1.165) is 12.1 Å². The number of carbonyl (C=O) groups is 1. The minimum Gasteiger partial charge on any atom is -0.319 e. The maximum Gasteiger partial charge on any atom is 0.258 e. The Balaban J connectivity index is 2.26. The quantitative estimate of drug-likeness (QED) is 0.834. The summed E-state index contributed by atoms with van der Waals surface area (Å²) in [7, 11) is 0. The number of aromatic nitrogens is 2. The van der Waals surface area contributed by atoms with Gasteiger partial charge < -0.3 is 5.32 Å². The second kappa shape index (κ2) is 4.82. The van der Waals surface area contributed by atoms with Gasteiger partial charge in [0.1, 0.15) is 6.33 Å². The Hall–Kier alpha value is -2.44. The van der Waals surface area contributed by atoms with Crippen molar-refractivity contribution in [2.45, 2.75) is 0 Å². The van der Waals surface area contributed by atoms with Gasteiger partial charge in [-0.2, -0.15) is 0 Å². The zero-order valence-electron chi connectivity index (χ0n) is 8.82. The van der Waals surface area contributed by atoms with Crippen molar-refractivity contribution in [2.75, 3.05) is 5.32 Å². The molecule has 0 aliphatic rings. The fourth-order valence-corrected chi connectivity index (χ4v) is 1.23. The summed E-state index contributed by atoms with van der Waals surface area (Å²) in [6.07, 6.45) is 3.63. The van der Waals surface area contributed by atoms with Gasteiger partial charge in [0.05, 0.1) is 11.3 Å². The lowest BCUT2D eigenvalue weighted by molar-refractivity contribution is 0.102. The summed E-state index contributed by atoms with van der Waals surface area (Å²) < 4.78 is 38.9. The topological polar surface area (TPSA) is 54.9 Å². The van der Waals surface area contributed by atoms with Crippen molar-refractivity contribution in [3.8, 4) is 0 Å². The molecule has 1 N–H and O–H groups in total. The minimum absolute atomic E-state index is 0.0710. The summed E-state index contributed by atoms with van der Waals surface area (Å²) in [5, 5.41) is 2.09. The molecule has 0 fully saturated rings. The highest BCUT2D eigenvalue weighted by atomic mass is 19.2. The SMILES string of the molecule is O=C(Nc1ccc(F)c(F)c1F)c1cncnc1. The van der Waals surface area contributed by atoms with Crippen LogP contribution in [0.3, 0.4) is 0 Å². The van der Waals surface area contributed by atoms with Crippen molar-refractivity contribution in [1.82, 2.24) is 9.97 Å². The fraction of sp³-hybridized carbons (Fsp3) is 0. The van der Waals surface area contributed by atoms with E-state index in [2.05, 4.69) is 15.3 Å². The molecule has 2 aromatic rings. The molecular weight excluding hydrogens is 247 g/mol. The summed E-state index contributed by atoms with van der Waals surface area (Å²) >= 11 is 0. The third-order valence-corrected chi connectivity index (χ3v) is 2.11. The number of anilines is 1. The van der Waals surface area contributed by atoms with Gasteiger partial charge in [-0.3, -0.25) is 4.79 Å². The molecule has 1 amide bonds. The number of rotatable bonds is 2. The van der Waals surface area contributed by atoms with Crippen LogP contribution in [0.4, 0.5) is 18.9 Å². The van der Waals surface area contributed by atoms with Crippen LogP contribution in [0.1, 0.15) is 10.4 Å². The Morgan fingerprint density at radius 3 is 2.39 bits per heavy atom. The maximum absolute atomic E-state index is 13.3. The van der Waals surface area contributed by atoms with Crippen LogP contribution in [0.15, 0.2) is 30.9 Å². The smallest absolute Gasteiger partial charge is 0.258 e. The second-order valence-electron chi connectivity index (χ2n) is 3.30. The van der Waals surface area contributed by atoms with E-state index in [1.807, 2.05) is 0 Å². The molecular formula is C11H6F3N3O. The highest BCUT2D eigenvalue weighted by molar-refractivity contribution is 6.03. The van der Waals surface area contributed by atoms with E-state index in [1.165, 1.54) is 18.7 Å². The lowest BCUT2D eigenvalue weighted by atomic mass is 10.2. The summed E-state index contributed by atoms with van der Waals surface area (Å²) in [5.74, 6) is -5.15. The van der Waals surface area contributed by atoms with E-state index >= 15 is 0 Å².